The van der Waals surface area contributed by atoms with Crippen molar-refractivity contribution in [2.45, 2.75) is 46.6 Å². The Morgan fingerprint density at radius 3 is 2.89 bits per heavy atom. The molecule has 1 aliphatic rings. The summed E-state index contributed by atoms with van der Waals surface area (Å²) < 4.78 is 0. The Balaban J connectivity index is 2.17. The van der Waals surface area contributed by atoms with E-state index in [1.807, 2.05) is 12.3 Å². The van der Waals surface area contributed by atoms with Crippen LogP contribution in [0.25, 0.3) is 0 Å². The molecule has 0 radical (unpaired) electrons. The molecule has 0 spiro atoms. The molecule has 0 aromatic carbocycles. The molecule has 19 heavy (non-hydrogen) atoms. The average molecular weight is 261 g/mol. The number of nitrogens with zero attached hydrogens (tertiary/aromatic N) is 2. The molecule has 0 aliphatic carbocycles. The van der Waals surface area contributed by atoms with E-state index in [4.69, 9.17) is 0 Å². The van der Waals surface area contributed by atoms with Crippen LogP contribution in [0.2, 0.25) is 0 Å². The number of nitrogens with one attached hydrogen (secondary N) is 1. The molecule has 1 N–H and O–H groups in total. The first-order valence-electron chi connectivity index (χ1n) is 7.47. The van der Waals surface area contributed by atoms with E-state index in [1.54, 1.807) is 0 Å². The smallest absolute Gasteiger partial charge is 0.133 e. The maximum Gasteiger partial charge on any atom is 0.133 e. The molecule has 1 aromatic heterocycles. The predicted molar refractivity (Wildman–Crippen MR) is 81.6 cm³/mol. The standard InChI is InChI=1S/C16H27N3/c1-5-9-17-13(2)14-7-6-10-18-15(14)19-11-8-16(3,4)12-19/h6-7,10,13,17H,5,8-9,11-12H2,1-4H3. The van der Waals surface area contributed by atoms with E-state index in [2.05, 4.69) is 49.0 Å². The Morgan fingerprint density at radius 1 is 1.47 bits per heavy atom. The van der Waals surface area contributed by atoms with Gasteiger partial charge in [-0.15, -0.1) is 0 Å². The van der Waals surface area contributed by atoms with Gasteiger partial charge < -0.3 is 10.2 Å². The maximum atomic E-state index is 4.64. The van der Waals surface area contributed by atoms with Crippen molar-refractivity contribution in [3.8, 4) is 0 Å². The van der Waals surface area contributed by atoms with Crippen LogP contribution in [-0.2, 0) is 0 Å². The molecule has 106 valence electrons. The quantitative estimate of drug-likeness (QED) is 0.880. The molecule has 0 bridgehead atoms. The molecule has 1 aromatic rings. The molecule has 1 unspecified atom stereocenters. The summed E-state index contributed by atoms with van der Waals surface area (Å²) in [6.45, 7) is 12.4. The molecule has 2 heterocycles. The van der Waals surface area contributed by atoms with Crippen molar-refractivity contribution in [3.63, 3.8) is 0 Å². The minimum absolute atomic E-state index is 0.368. The Morgan fingerprint density at radius 2 is 2.26 bits per heavy atom. The zero-order valence-corrected chi connectivity index (χ0v) is 12.7. The summed E-state index contributed by atoms with van der Waals surface area (Å²) >= 11 is 0. The van der Waals surface area contributed by atoms with Crippen LogP contribution in [-0.4, -0.2) is 24.6 Å². The van der Waals surface area contributed by atoms with Gasteiger partial charge in [0.2, 0.25) is 0 Å². The summed E-state index contributed by atoms with van der Waals surface area (Å²) in [7, 11) is 0. The molecule has 1 fully saturated rings. The van der Waals surface area contributed by atoms with Crippen molar-refractivity contribution >= 4 is 5.82 Å². The zero-order chi connectivity index (χ0) is 13.9. The van der Waals surface area contributed by atoms with Gasteiger partial charge in [0.05, 0.1) is 0 Å². The van der Waals surface area contributed by atoms with Crippen LogP contribution >= 0.6 is 0 Å². The molecule has 0 saturated carbocycles. The van der Waals surface area contributed by atoms with Gasteiger partial charge >= 0.3 is 0 Å². The Hall–Kier alpha value is -1.09. The van der Waals surface area contributed by atoms with Crippen LogP contribution < -0.4 is 10.2 Å². The Bertz CT molecular complexity index is 414. The number of pyridine rings is 1. The first-order valence-corrected chi connectivity index (χ1v) is 7.47. The Kier molecular flexibility index (Phi) is 4.46. The monoisotopic (exact) mass is 261 g/mol. The van der Waals surface area contributed by atoms with Gasteiger partial charge in [0.1, 0.15) is 5.82 Å². The number of hydrogen-bond acceptors (Lipinski definition) is 3. The summed E-state index contributed by atoms with van der Waals surface area (Å²) in [4.78, 5) is 7.09. The van der Waals surface area contributed by atoms with Crippen molar-refractivity contribution in [2.75, 3.05) is 24.5 Å². The van der Waals surface area contributed by atoms with E-state index in [1.165, 1.54) is 17.8 Å². The van der Waals surface area contributed by atoms with Crippen molar-refractivity contribution in [2.24, 2.45) is 5.41 Å². The minimum Gasteiger partial charge on any atom is -0.356 e. The van der Waals surface area contributed by atoms with E-state index < -0.39 is 0 Å². The molecule has 2 rings (SSSR count). The highest BCUT2D eigenvalue weighted by molar-refractivity contribution is 5.49. The lowest BCUT2D eigenvalue weighted by Gasteiger charge is -2.25. The fraction of sp³-hybridized carbons (Fsp3) is 0.688. The van der Waals surface area contributed by atoms with Crippen molar-refractivity contribution in [1.29, 1.82) is 0 Å². The fourth-order valence-electron chi connectivity index (χ4n) is 2.78. The average Bonchev–Trinajstić information content (AvgIpc) is 2.76. The lowest BCUT2D eigenvalue weighted by atomic mass is 9.93. The lowest BCUT2D eigenvalue weighted by Crippen LogP contribution is -2.27. The van der Waals surface area contributed by atoms with Gasteiger partial charge in [-0.1, -0.05) is 26.8 Å². The van der Waals surface area contributed by atoms with Crippen LogP contribution in [0.15, 0.2) is 18.3 Å². The van der Waals surface area contributed by atoms with Gasteiger partial charge in [-0.25, -0.2) is 4.98 Å². The summed E-state index contributed by atoms with van der Waals surface area (Å²) in [5.41, 5.74) is 1.74. The van der Waals surface area contributed by atoms with Crippen molar-refractivity contribution in [3.05, 3.63) is 23.9 Å². The fourth-order valence-corrected chi connectivity index (χ4v) is 2.78. The summed E-state index contributed by atoms with van der Waals surface area (Å²) in [6.07, 6.45) is 4.33. The van der Waals surface area contributed by atoms with Gasteiger partial charge in [0, 0.05) is 30.9 Å². The number of anilines is 1. The van der Waals surface area contributed by atoms with Crippen LogP contribution in [0.3, 0.4) is 0 Å². The van der Waals surface area contributed by atoms with Crippen molar-refractivity contribution < 1.29 is 0 Å². The topological polar surface area (TPSA) is 28.2 Å². The first kappa shape index (κ1) is 14.3. The highest BCUT2D eigenvalue weighted by Crippen LogP contribution is 2.34. The van der Waals surface area contributed by atoms with Gasteiger partial charge in [0.25, 0.3) is 0 Å². The van der Waals surface area contributed by atoms with Gasteiger partial charge in [-0.3, -0.25) is 0 Å². The van der Waals surface area contributed by atoms with E-state index in [0.717, 1.165) is 26.1 Å². The number of rotatable bonds is 5. The summed E-state index contributed by atoms with van der Waals surface area (Å²) in [5, 5.41) is 3.57. The molecule has 1 aliphatic heterocycles. The maximum absolute atomic E-state index is 4.64. The van der Waals surface area contributed by atoms with E-state index in [-0.39, 0.29) is 0 Å². The molecule has 3 nitrogen and oxygen atoms in total. The summed E-state index contributed by atoms with van der Waals surface area (Å²) in [5.74, 6) is 1.17. The predicted octanol–water partition coefficient (Wildman–Crippen LogP) is 3.38. The van der Waals surface area contributed by atoms with Crippen molar-refractivity contribution in [1.82, 2.24) is 10.3 Å². The summed E-state index contributed by atoms with van der Waals surface area (Å²) in [6, 6.07) is 4.62. The zero-order valence-electron chi connectivity index (χ0n) is 12.7. The van der Waals surface area contributed by atoms with Crippen LogP contribution in [0.1, 0.15) is 52.1 Å². The second-order valence-electron chi connectivity index (χ2n) is 6.43. The first-order chi connectivity index (χ1) is 9.03. The number of hydrogen-bond donors (Lipinski definition) is 1. The molecular weight excluding hydrogens is 234 g/mol. The second kappa shape index (κ2) is 5.91. The van der Waals surface area contributed by atoms with E-state index in [0.29, 0.717) is 11.5 Å². The highest BCUT2D eigenvalue weighted by atomic mass is 15.2. The SMILES string of the molecule is CCCNC(C)c1cccnc1N1CCC(C)(C)C1. The highest BCUT2D eigenvalue weighted by Gasteiger charge is 2.31. The molecule has 1 saturated heterocycles. The largest absolute Gasteiger partial charge is 0.356 e. The van der Waals surface area contributed by atoms with E-state index >= 15 is 0 Å². The van der Waals surface area contributed by atoms with Gasteiger partial charge in [-0.05, 0) is 37.8 Å². The van der Waals surface area contributed by atoms with Gasteiger partial charge in [-0.2, -0.15) is 0 Å². The Labute approximate surface area is 117 Å². The van der Waals surface area contributed by atoms with Gasteiger partial charge in [0.15, 0.2) is 0 Å². The third kappa shape index (κ3) is 3.47. The minimum atomic E-state index is 0.368. The third-order valence-electron chi connectivity index (χ3n) is 3.96. The van der Waals surface area contributed by atoms with Crippen LogP contribution in [0.4, 0.5) is 5.82 Å². The molecule has 3 heteroatoms. The van der Waals surface area contributed by atoms with Crippen LogP contribution in [0, 0.1) is 5.41 Å². The van der Waals surface area contributed by atoms with Crippen LogP contribution in [0.5, 0.6) is 0 Å². The molecular formula is C16H27N3. The normalized spacial score (nSPS) is 19.7. The molecule has 0 amide bonds. The lowest BCUT2D eigenvalue weighted by molar-refractivity contribution is 0.418. The second-order valence-corrected chi connectivity index (χ2v) is 6.43. The third-order valence-corrected chi connectivity index (χ3v) is 3.96. The molecule has 1 atom stereocenters. The number of aromatic nitrogens is 1. The van der Waals surface area contributed by atoms with E-state index in [9.17, 15) is 0 Å².